The molecule has 1 aliphatic heterocycles. The Morgan fingerprint density at radius 1 is 1.26 bits per heavy atom. The van der Waals surface area contributed by atoms with E-state index in [0.717, 1.165) is 38.5 Å². The minimum Gasteiger partial charge on any atom is -0.314 e. The molecule has 1 saturated heterocycles. The molecular formula is C15H20N4. The third-order valence-electron chi connectivity index (χ3n) is 3.63. The van der Waals surface area contributed by atoms with E-state index in [1.165, 1.54) is 11.3 Å². The molecule has 0 atom stereocenters. The molecule has 1 aromatic heterocycles. The number of nitrogens with zero attached hydrogens (tertiary/aromatic N) is 3. The first-order valence-electron chi connectivity index (χ1n) is 6.85. The molecular weight excluding hydrogens is 236 g/mol. The SMILES string of the molecule is Cc1nccn1-c1cccc(CN2CCNCC2)c1. The van der Waals surface area contributed by atoms with Gasteiger partial charge in [-0.25, -0.2) is 4.98 Å². The second kappa shape index (κ2) is 5.55. The summed E-state index contributed by atoms with van der Waals surface area (Å²) < 4.78 is 2.13. The van der Waals surface area contributed by atoms with Gasteiger partial charge in [0, 0.05) is 50.8 Å². The maximum atomic E-state index is 4.28. The molecule has 1 N–H and O–H groups in total. The van der Waals surface area contributed by atoms with Gasteiger partial charge in [-0.2, -0.15) is 0 Å². The van der Waals surface area contributed by atoms with Crippen molar-refractivity contribution in [2.24, 2.45) is 0 Å². The van der Waals surface area contributed by atoms with Gasteiger partial charge in [0.05, 0.1) is 0 Å². The molecule has 4 heteroatoms. The lowest BCUT2D eigenvalue weighted by Gasteiger charge is -2.27. The number of piperazine rings is 1. The highest BCUT2D eigenvalue weighted by molar-refractivity contribution is 5.37. The fourth-order valence-electron chi connectivity index (χ4n) is 2.58. The van der Waals surface area contributed by atoms with Crippen LogP contribution >= 0.6 is 0 Å². The van der Waals surface area contributed by atoms with Crippen molar-refractivity contribution in [2.45, 2.75) is 13.5 Å². The number of benzene rings is 1. The lowest BCUT2D eigenvalue weighted by atomic mass is 10.1. The second-order valence-corrected chi connectivity index (χ2v) is 5.04. The van der Waals surface area contributed by atoms with Gasteiger partial charge in [-0.15, -0.1) is 0 Å². The van der Waals surface area contributed by atoms with Crippen molar-refractivity contribution < 1.29 is 0 Å². The molecule has 1 aliphatic rings. The van der Waals surface area contributed by atoms with Gasteiger partial charge in [0.1, 0.15) is 5.82 Å². The maximum absolute atomic E-state index is 4.28. The first-order valence-corrected chi connectivity index (χ1v) is 6.85. The molecule has 0 amide bonds. The number of rotatable bonds is 3. The summed E-state index contributed by atoms with van der Waals surface area (Å²) in [5, 5.41) is 3.39. The number of nitrogens with one attached hydrogen (secondary N) is 1. The van der Waals surface area contributed by atoms with Crippen LogP contribution in [0.4, 0.5) is 0 Å². The fraction of sp³-hybridized carbons (Fsp3) is 0.400. The summed E-state index contributed by atoms with van der Waals surface area (Å²) in [6, 6.07) is 8.73. The van der Waals surface area contributed by atoms with Gasteiger partial charge < -0.3 is 9.88 Å². The predicted octanol–water partition coefficient (Wildman–Crippen LogP) is 1.59. The molecule has 1 fully saturated rings. The van der Waals surface area contributed by atoms with Gasteiger partial charge in [0.15, 0.2) is 0 Å². The number of hydrogen-bond donors (Lipinski definition) is 1. The van der Waals surface area contributed by atoms with E-state index < -0.39 is 0 Å². The Bertz CT molecular complexity index is 541. The molecule has 0 radical (unpaired) electrons. The van der Waals surface area contributed by atoms with E-state index in [9.17, 15) is 0 Å². The van der Waals surface area contributed by atoms with E-state index in [2.05, 4.69) is 44.0 Å². The summed E-state index contributed by atoms with van der Waals surface area (Å²) in [7, 11) is 0. The summed E-state index contributed by atoms with van der Waals surface area (Å²) in [5.74, 6) is 1.03. The van der Waals surface area contributed by atoms with E-state index in [0.29, 0.717) is 0 Å². The normalized spacial score (nSPS) is 16.7. The van der Waals surface area contributed by atoms with Gasteiger partial charge in [0.25, 0.3) is 0 Å². The van der Waals surface area contributed by atoms with Crippen molar-refractivity contribution in [3.8, 4) is 5.69 Å². The van der Waals surface area contributed by atoms with Gasteiger partial charge in [-0.05, 0) is 24.6 Å². The van der Waals surface area contributed by atoms with E-state index in [1.807, 2.05) is 19.3 Å². The first-order chi connectivity index (χ1) is 9.33. The lowest BCUT2D eigenvalue weighted by molar-refractivity contribution is 0.233. The largest absolute Gasteiger partial charge is 0.314 e. The summed E-state index contributed by atoms with van der Waals surface area (Å²) in [6.45, 7) is 7.52. The highest BCUT2D eigenvalue weighted by Crippen LogP contribution is 2.14. The van der Waals surface area contributed by atoms with E-state index in [4.69, 9.17) is 0 Å². The molecule has 100 valence electrons. The second-order valence-electron chi connectivity index (χ2n) is 5.04. The van der Waals surface area contributed by atoms with Crippen LogP contribution in [0.25, 0.3) is 5.69 Å². The summed E-state index contributed by atoms with van der Waals surface area (Å²) in [4.78, 5) is 6.78. The first kappa shape index (κ1) is 12.4. The number of imidazole rings is 1. The molecule has 0 saturated carbocycles. The molecule has 0 aliphatic carbocycles. The van der Waals surface area contributed by atoms with Crippen molar-refractivity contribution in [3.63, 3.8) is 0 Å². The van der Waals surface area contributed by atoms with Crippen LogP contribution in [0.15, 0.2) is 36.7 Å². The average Bonchev–Trinajstić information content (AvgIpc) is 2.86. The van der Waals surface area contributed by atoms with Crippen LogP contribution in [0, 0.1) is 6.92 Å². The third kappa shape index (κ3) is 2.85. The van der Waals surface area contributed by atoms with E-state index in [1.54, 1.807) is 0 Å². The summed E-state index contributed by atoms with van der Waals surface area (Å²) >= 11 is 0. The summed E-state index contributed by atoms with van der Waals surface area (Å²) in [6.07, 6.45) is 3.86. The number of hydrogen-bond acceptors (Lipinski definition) is 3. The Hall–Kier alpha value is -1.65. The molecule has 3 rings (SSSR count). The molecule has 0 bridgehead atoms. The van der Waals surface area contributed by atoms with Gasteiger partial charge in [-0.3, -0.25) is 4.90 Å². The highest BCUT2D eigenvalue weighted by Gasteiger charge is 2.10. The zero-order valence-corrected chi connectivity index (χ0v) is 11.3. The van der Waals surface area contributed by atoms with Crippen molar-refractivity contribution in [1.29, 1.82) is 0 Å². The standard InChI is InChI=1S/C15H20N4/c1-13-17-7-10-19(13)15-4-2-3-14(11-15)12-18-8-5-16-6-9-18/h2-4,7,10-11,16H,5-6,8-9,12H2,1H3. The van der Waals surface area contributed by atoms with Crippen LogP contribution in [0.1, 0.15) is 11.4 Å². The minimum absolute atomic E-state index is 1.03. The third-order valence-corrected chi connectivity index (χ3v) is 3.63. The Morgan fingerprint density at radius 2 is 2.11 bits per heavy atom. The van der Waals surface area contributed by atoms with Gasteiger partial charge >= 0.3 is 0 Å². The molecule has 0 spiro atoms. The van der Waals surface area contributed by atoms with E-state index >= 15 is 0 Å². The van der Waals surface area contributed by atoms with E-state index in [-0.39, 0.29) is 0 Å². The molecule has 0 unspecified atom stereocenters. The fourth-order valence-corrected chi connectivity index (χ4v) is 2.58. The van der Waals surface area contributed by atoms with Crippen LogP contribution in [-0.2, 0) is 6.54 Å². The van der Waals surface area contributed by atoms with Crippen molar-refractivity contribution in [1.82, 2.24) is 19.8 Å². The van der Waals surface area contributed by atoms with Gasteiger partial charge in [0.2, 0.25) is 0 Å². The monoisotopic (exact) mass is 256 g/mol. The van der Waals surface area contributed by atoms with Crippen molar-refractivity contribution in [3.05, 3.63) is 48.0 Å². The van der Waals surface area contributed by atoms with Crippen LogP contribution in [-0.4, -0.2) is 40.6 Å². The highest BCUT2D eigenvalue weighted by atomic mass is 15.2. The Morgan fingerprint density at radius 3 is 2.84 bits per heavy atom. The van der Waals surface area contributed by atoms with Crippen LogP contribution in [0.2, 0.25) is 0 Å². The van der Waals surface area contributed by atoms with Crippen molar-refractivity contribution >= 4 is 0 Å². The minimum atomic E-state index is 1.03. The smallest absolute Gasteiger partial charge is 0.110 e. The quantitative estimate of drug-likeness (QED) is 0.905. The molecule has 19 heavy (non-hydrogen) atoms. The average molecular weight is 256 g/mol. The van der Waals surface area contributed by atoms with Gasteiger partial charge in [-0.1, -0.05) is 12.1 Å². The summed E-state index contributed by atoms with van der Waals surface area (Å²) in [5.41, 5.74) is 2.56. The lowest BCUT2D eigenvalue weighted by Crippen LogP contribution is -2.42. The Kier molecular flexibility index (Phi) is 3.62. The van der Waals surface area contributed by atoms with Crippen LogP contribution in [0.3, 0.4) is 0 Å². The Labute approximate surface area is 114 Å². The topological polar surface area (TPSA) is 33.1 Å². The van der Waals surface area contributed by atoms with Crippen LogP contribution in [0.5, 0.6) is 0 Å². The van der Waals surface area contributed by atoms with Crippen LogP contribution < -0.4 is 5.32 Å². The number of aryl methyl sites for hydroxylation is 1. The Balaban J connectivity index is 1.78. The molecule has 4 nitrogen and oxygen atoms in total. The molecule has 1 aromatic carbocycles. The number of aromatic nitrogens is 2. The molecule has 2 aromatic rings. The maximum Gasteiger partial charge on any atom is 0.110 e. The zero-order valence-electron chi connectivity index (χ0n) is 11.3. The predicted molar refractivity (Wildman–Crippen MR) is 76.4 cm³/mol. The van der Waals surface area contributed by atoms with Crippen molar-refractivity contribution in [2.75, 3.05) is 26.2 Å². The zero-order chi connectivity index (χ0) is 13.1. The molecule has 2 heterocycles.